The van der Waals surface area contributed by atoms with Crippen molar-refractivity contribution in [2.75, 3.05) is 5.32 Å². The molecule has 2 N–H and O–H groups in total. The van der Waals surface area contributed by atoms with Crippen molar-refractivity contribution >= 4 is 11.7 Å². The molecule has 0 aliphatic carbocycles. The average Bonchev–Trinajstić information content (AvgIpc) is 2.16. The number of benzene rings is 1. The minimum Gasteiger partial charge on any atom is -0.336 e. The topological polar surface area (TPSA) is 64.9 Å². The lowest BCUT2D eigenvalue weighted by Crippen LogP contribution is -2.34. The molecule has 0 aromatic heterocycles. The Morgan fingerprint density at radius 1 is 1.47 bits per heavy atom. The normalized spacial score (nSPS) is 9.47. The first-order valence-corrected chi connectivity index (χ1v) is 4.69. The molecule has 0 saturated heterocycles. The predicted molar refractivity (Wildman–Crippen MR) is 58.4 cm³/mol. The number of urea groups is 1. The Labute approximate surface area is 88.9 Å². The minimum atomic E-state index is -0.264. The van der Waals surface area contributed by atoms with Gasteiger partial charge in [-0.25, -0.2) is 4.79 Å². The molecule has 0 unspecified atom stereocenters. The Morgan fingerprint density at radius 3 is 2.80 bits per heavy atom. The SMILES string of the molecule is CC(C)NC(=O)Nc1cccc(C#N)c1. The number of anilines is 1. The van der Waals surface area contributed by atoms with E-state index in [2.05, 4.69) is 10.6 Å². The molecule has 0 saturated carbocycles. The Morgan fingerprint density at radius 2 is 2.20 bits per heavy atom. The first-order valence-electron chi connectivity index (χ1n) is 4.69. The first-order chi connectivity index (χ1) is 7.11. The van der Waals surface area contributed by atoms with Gasteiger partial charge in [-0.1, -0.05) is 6.07 Å². The third kappa shape index (κ3) is 3.69. The number of amides is 2. The van der Waals surface area contributed by atoms with E-state index in [0.717, 1.165) is 0 Å². The van der Waals surface area contributed by atoms with E-state index in [1.807, 2.05) is 19.9 Å². The van der Waals surface area contributed by atoms with Gasteiger partial charge in [-0.2, -0.15) is 5.26 Å². The highest BCUT2D eigenvalue weighted by Crippen LogP contribution is 2.09. The van der Waals surface area contributed by atoms with Crippen molar-refractivity contribution in [1.82, 2.24) is 5.32 Å². The van der Waals surface area contributed by atoms with Crippen molar-refractivity contribution in [2.45, 2.75) is 19.9 Å². The summed E-state index contributed by atoms with van der Waals surface area (Å²) in [5, 5.41) is 14.0. The van der Waals surface area contributed by atoms with Gasteiger partial charge in [0.1, 0.15) is 0 Å². The van der Waals surface area contributed by atoms with Gasteiger partial charge >= 0.3 is 6.03 Å². The van der Waals surface area contributed by atoms with Gasteiger partial charge in [0.15, 0.2) is 0 Å². The van der Waals surface area contributed by atoms with Crippen LogP contribution in [-0.4, -0.2) is 12.1 Å². The summed E-state index contributed by atoms with van der Waals surface area (Å²) in [4.78, 5) is 11.3. The van der Waals surface area contributed by atoms with E-state index in [1.165, 1.54) is 0 Å². The quantitative estimate of drug-likeness (QED) is 0.772. The van der Waals surface area contributed by atoms with Gasteiger partial charge in [0, 0.05) is 11.7 Å². The van der Waals surface area contributed by atoms with Crippen molar-refractivity contribution < 1.29 is 4.79 Å². The van der Waals surface area contributed by atoms with E-state index in [4.69, 9.17) is 5.26 Å². The molecule has 1 aromatic carbocycles. The van der Waals surface area contributed by atoms with E-state index >= 15 is 0 Å². The molecule has 0 atom stereocenters. The number of nitriles is 1. The number of rotatable bonds is 2. The van der Waals surface area contributed by atoms with Crippen molar-refractivity contribution in [3.63, 3.8) is 0 Å². The average molecular weight is 203 g/mol. The standard InChI is InChI=1S/C11H13N3O/c1-8(2)13-11(15)14-10-5-3-4-9(6-10)7-12/h3-6,8H,1-2H3,(H2,13,14,15). The summed E-state index contributed by atoms with van der Waals surface area (Å²) in [6, 6.07) is 8.61. The van der Waals surface area contributed by atoms with Gasteiger partial charge in [0.05, 0.1) is 11.6 Å². The highest BCUT2D eigenvalue weighted by molar-refractivity contribution is 5.89. The van der Waals surface area contributed by atoms with Crippen molar-refractivity contribution in [1.29, 1.82) is 5.26 Å². The number of hydrogen-bond acceptors (Lipinski definition) is 2. The fourth-order valence-corrected chi connectivity index (χ4v) is 1.10. The number of nitrogens with one attached hydrogen (secondary N) is 2. The molecule has 15 heavy (non-hydrogen) atoms. The molecule has 1 rings (SSSR count). The highest BCUT2D eigenvalue weighted by atomic mass is 16.2. The van der Waals surface area contributed by atoms with Gasteiger partial charge in [0.25, 0.3) is 0 Å². The molecule has 78 valence electrons. The molecule has 0 fully saturated rings. The summed E-state index contributed by atoms with van der Waals surface area (Å²) in [6.45, 7) is 3.76. The van der Waals surface area contributed by atoms with E-state index in [9.17, 15) is 4.79 Å². The zero-order valence-corrected chi connectivity index (χ0v) is 8.74. The molecule has 1 aromatic rings. The Bertz CT molecular complexity index is 393. The predicted octanol–water partition coefficient (Wildman–Crippen LogP) is 2.09. The third-order valence-corrected chi connectivity index (χ3v) is 1.67. The summed E-state index contributed by atoms with van der Waals surface area (Å²) >= 11 is 0. The number of nitrogens with zero attached hydrogens (tertiary/aromatic N) is 1. The van der Waals surface area contributed by atoms with Crippen LogP contribution in [0.1, 0.15) is 19.4 Å². The van der Waals surface area contributed by atoms with Crippen LogP contribution in [0.4, 0.5) is 10.5 Å². The summed E-state index contributed by atoms with van der Waals surface area (Å²) in [6.07, 6.45) is 0. The second kappa shape index (κ2) is 5.01. The molecule has 0 heterocycles. The molecule has 4 heteroatoms. The van der Waals surface area contributed by atoms with Crippen molar-refractivity contribution in [2.24, 2.45) is 0 Å². The molecular formula is C11H13N3O. The second-order valence-corrected chi connectivity index (χ2v) is 3.45. The summed E-state index contributed by atoms with van der Waals surface area (Å²) in [7, 11) is 0. The van der Waals surface area contributed by atoms with Crippen LogP contribution in [0.3, 0.4) is 0 Å². The monoisotopic (exact) mass is 203 g/mol. The lowest BCUT2D eigenvalue weighted by molar-refractivity contribution is 0.250. The van der Waals surface area contributed by atoms with Crippen LogP contribution >= 0.6 is 0 Å². The second-order valence-electron chi connectivity index (χ2n) is 3.45. The van der Waals surface area contributed by atoms with Crippen LogP contribution in [0.2, 0.25) is 0 Å². The van der Waals surface area contributed by atoms with Crippen molar-refractivity contribution in [3.8, 4) is 6.07 Å². The Hall–Kier alpha value is -2.02. The van der Waals surface area contributed by atoms with Gasteiger partial charge in [0.2, 0.25) is 0 Å². The third-order valence-electron chi connectivity index (χ3n) is 1.67. The van der Waals surface area contributed by atoms with Gasteiger partial charge < -0.3 is 10.6 Å². The first kappa shape index (κ1) is 11.1. The Balaban J connectivity index is 2.65. The smallest absolute Gasteiger partial charge is 0.319 e. The van der Waals surface area contributed by atoms with E-state index in [0.29, 0.717) is 11.3 Å². The summed E-state index contributed by atoms with van der Waals surface area (Å²) < 4.78 is 0. The molecule has 2 amide bonds. The van der Waals surface area contributed by atoms with Crippen LogP contribution in [0, 0.1) is 11.3 Å². The summed E-state index contributed by atoms with van der Waals surface area (Å²) in [5.74, 6) is 0. The zero-order chi connectivity index (χ0) is 11.3. The van der Waals surface area contributed by atoms with Crippen molar-refractivity contribution in [3.05, 3.63) is 29.8 Å². The maximum atomic E-state index is 11.3. The fourth-order valence-electron chi connectivity index (χ4n) is 1.10. The highest BCUT2D eigenvalue weighted by Gasteiger charge is 2.03. The summed E-state index contributed by atoms with van der Waals surface area (Å²) in [5.41, 5.74) is 1.14. The number of carbonyl (C=O) groups is 1. The maximum Gasteiger partial charge on any atom is 0.319 e. The molecule has 0 radical (unpaired) electrons. The van der Waals surface area contributed by atoms with Gasteiger partial charge in [-0.05, 0) is 32.0 Å². The molecule has 4 nitrogen and oxygen atoms in total. The van der Waals surface area contributed by atoms with Crippen LogP contribution in [0.25, 0.3) is 0 Å². The zero-order valence-electron chi connectivity index (χ0n) is 8.74. The molecule has 0 aliphatic heterocycles. The van der Waals surface area contributed by atoms with Crippen LogP contribution in [0.15, 0.2) is 24.3 Å². The molecular weight excluding hydrogens is 190 g/mol. The number of hydrogen-bond donors (Lipinski definition) is 2. The van der Waals surface area contributed by atoms with Crippen LogP contribution in [0.5, 0.6) is 0 Å². The molecule has 0 aliphatic rings. The lowest BCUT2D eigenvalue weighted by Gasteiger charge is -2.09. The minimum absolute atomic E-state index is 0.0872. The van der Waals surface area contributed by atoms with Gasteiger partial charge in [-0.15, -0.1) is 0 Å². The van der Waals surface area contributed by atoms with Gasteiger partial charge in [-0.3, -0.25) is 0 Å². The lowest BCUT2D eigenvalue weighted by atomic mass is 10.2. The van der Waals surface area contributed by atoms with Crippen LogP contribution < -0.4 is 10.6 Å². The fraction of sp³-hybridized carbons (Fsp3) is 0.273. The van der Waals surface area contributed by atoms with E-state index < -0.39 is 0 Å². The molecule has 0 bridgehead atoms. The van der Waals surface area contributed by atoms with Crippen LogP contribution in [-0.2, 0) is 0 Å². The maximum absolute atomic E-state index is 11.3. The number of carbonyl (C=O) groups excluding carboxylic acids is 1. The Kier molecular flexibility index (Phi) is 3.69. The van der Waals surface area contributed by atoms with E-state index in [-0.39, 0.29) is 12.1 Å². The van der Waals surface area contributed by atoms with E-state index in [1.54, 1.807) is 24.3 Å². The largest absolute Gasteiger partial charge is 0.336 e. The molecule has 0 spiro atoms.